The standard InChI is InChI=1S/C18H16N2O6S/c1-2-18(12-14-6-4-3-5-7-14)13-19(17(21)26-18)27(24,25)16-10-8-15(9-11-16)20(22)23/h2-11H,1,12-13H2. The van der Waals surface area contributed by atoms with Gasteiger partial charge in [0, 0.05) is 18.6 Å². The minimum Gasteiger partial charge on any atom is -0.436 e. The lowest BCUT2D eigenvalue weighted by molar-refractivity contribution is -0.384. The number of nitrogens with zero attached hydrogens (tertiary/aromatic N) is 2. The lowest BCUT2D eigenvalue weighted by Gasteiger charge is -2.22. The molecule has 0 aliphatic carbocycles. The molecule has 140 valence electrons. The Morgan fingerprint density at radius 3 is 2.37 bits per heavy atom. The number of ether oxygens (including phenoxy) is 1. The molecule has 1 aliphatic heterocycles. The maximum absolute atomic E-state index is 12.8. The molecule has 0 aromatic heterocycles. The van der Waals surface area contributed by atoms with Crippen LogP contribution >= 0.6 is 0 Å². The first-order valence-electron chi connectivity index (χ1n) is 7.95. The Kier molecular flexibility index (Phi) is 4.71. The topological polar surface area (TPSA) is 107 Å². The third-order valence-electron chi connectivity index (χ3n) is 4.26. The number of non-ortho nitro benzene ring substituents is 1. The van der Waals surface area contributed by atoms with Gasteiger partial charge in [-0.2, -0.15) is 4.31 Å². The molecule has 1 atom stereocenters. The number of carbonyl (C=O) groups excluding carboxylic acids is 1. The minimum absolute atomic E-state index is 0.232. The molecule has 1 unspecified atom stereocenters. The monoisotopic (exact) mass is 388 g/mol. The fourth-order valence-corrected chi connectivity index (χ4v) is 4.18. The van der Waals surface area contributed by atoms with Gasteiger partial charge in [0.15, 0.2) is 5.60 Å². The summed E-state index contributed by atoms with van der Waals surface area (Å²) in [4.78, 5) is 22.2. The van der Waals surface area contributed by atoms with Gasteiger partial charge in [-0.25, -0.2) is 13.2 Å². The molecule has 0 radical (unpaired) electrons. The molecule has 1 amide bonds. The second kappa shape index (κ2) is 6.84. The van der Waals surface area contributed by atoms with Crippen LogP contribution in [0.3, 0.4) is 0 Å². The molecule has 27 heavy (non-hydrogen) atoms. The number of cyclic esters (lactones) is 1. The maximum Gasteiger partial charge on any atom is 0.424 e. The Balaban J connectivity index is 1.89. The Morgan fingerprint density at radius 1 is 1.19 bits per heavy atom. The van der Waals surface area contributed by atoms with Crippen LogP contribution in [0.2, 0.25) is 0 Å². The highest BCUT2D eigenvalue weighted by atomic mass is 32.2. The zero-order chi connectivity index (χ0) is 19.7. The van der Waals surface area contributed by atoms with Crippen molar-refractivity contribution in [3.63, 3.8) is 0 Å². The van der Waals surface area contributed by atoms with Crippen LogP contribution in [0.5, 0.6) is 0 Å². The van der Waals surface area contributed by atoms with Gasteiger partial charge in [0.05, 0.1) is 16.4 Å². The number of rotatable bonds is 6. The van der Waals surface area contributed by atoms with E-state index in [0.29, 0.717) is 4.31 Å². The molecule has 0 bridgehead atoms. The highest BCUT2D eigenvalue weighted by Gasteiger charge is 2.48. The number of amides is 1. The molecular weight excluding hydrogens is 372 g/mol. The van der Waals surface area contributed by atoms with Crippen LogP contribution in [0.1, 0.15) is 5.56 Å². The van der Waals surface area contributed by atoms with Crippen molar-refractivity contribution in [3.8, 4) is 0 Å². The van der Waals surface area contributed by atoms with E-state index in [2.05, 4.69) is 6.58 Å². The molecular formula is C18H16N2O6S. The predicted molar refractivity (Wildman–Crippen MR) is 96.5 cm³/mol. The summed E-state index contributed by atoms with van der Waals surface area (Å²) >= 11 is 0. The van der Waals surface area contributed by atoms with Crippen LogP contribution in [-0.2, 0) is 21.2 Å². The molecule has 0 N–H and O–H groups in total. The summed E-state index contributed by atoms with van der Waals surface area (Å²) in [7, 11) is -4.22. The average Bonchev–Trinajstić information content (AvgIpc) is 3.00. The van der Waals surface area contributed by atoms with Crippen molar-refractivity contribution >= 4 is 21.8 Å². The van der Waals surface area contributed by atoms with Gasteiger partial charge in [-0.05, 0) is 23.8 Å². The van der Waals surface area contributed by atoms with Crippen molar-refractivity contribution in [2.75, 3.05) is 6.54 Å². The van der Waals surface area contributed by atoms with Gasteiger partial charge >= 0.3 is 6.09 Å². The fraction of sp³-hybridized carbons (Fsp3) is 0.167. The van der Waals surface area contributed by atoms with Crippen molar-refractivity contribution in [3.05, 3.63) is 82.9 Å². The van der Waals surface area contributed by atoms with E-state index in [1.54, 1.807) is 0 Å². The first-order valence-corrected chi connectivity index (χ1v) is 9.39. The molecule has 9 heteroatoms. The van der Waals surface area contributed by atoms with E-state index in [4.69, 9.17) is 4.74 Å². The largest absolute Gasteiger partial charge is 0.436 e. The van der Waals surface area contributed by atoms with E-state index < -0.39 is 26.6 Å². The summed E-state index contributed by atoms with van der Waals surface area (Å²) in [6, 6.07) is 13.5. The first-order chi connectivity index (χ1) is 12.8. The molecule has 3 rings (SSSR count). The minimum atomic E-state index is -4.22. The molecule has 0 saturated carbocycles. The van der Waals surface area contributed by atoms with Crippen molar-refractivity contribution in [1.29, 1.82) is 0 Å². The molecule has 0 spiro atoms. The number of nitro groups is 1. The molecule has 8 nitrogen and oxygen atoms in total. The van der Waals surface area contributed by atoms with Crippen molar-refractivity contribution in [1.82, 2.24) is 4.31 Å². The third kappa shape index (κ3) is 3.54. The summed E-state index contributed by atoms with van der Waals surface area (Å²) in [5.74, 6) is 0. The van der Waals surface area contributed by atoms with Crippen LogP contribution in [0, 0.1) is 10.1 Å². The molecule has 2 aromatic rings. The van der Waals surface area contributed by atoms with Crippen LogP contribution < -0.4 is 0 Å². The molecule has 1 saturated heterocycles. The fourth-order valence-electron chi connectivity index (χ4n) is 2.83. The Morgan fingerprint density at radius 2 is 1.81 bits per heavy atom. The van der Waals surface area contributed by atoms with Gasteiger partial charge in [0.1, 0.15) is 0 Å². The Bertz CT molecular complexity index is 988. The number of hydrogen-bond acceptors (Lipinski definition) is 6. The van der Waals surface area contributed by atoms with Crippen LogP contribution in [0.25, 0.3) is 0 Å². The van der Waals surface area contributed by atoms with E-state index in [9.17, 15) is 23.3 Å². The van der Waals surface area contributed by atoms with Crippen molar-refractivity contribution < 1.29 is 22.9 Å². The smallest absolute Gasteiger partial charge is 0.424 e. The first kappa shape index (κ1) is 18.6. The summed E-state index contributed by atoms with van der Waals surface area (Å²) in [5, 5.41) is 10.7. The van der Waals surface area contributed by atoms with Crippen molar-refractivity contribution in [2.24, 2.45) is 0 Å². The van der Waals surface area contributed by atoms with Crippen LogP contribution in [0.15, 0.2) is 72.1 Å². The maximum atomic E-state index is 12.8. The van der Waals surface area contributed by atoms with E-state index >= 15 is 0 Å². The number of sulfonamides is 1. The second-order valence-electron chi connectivity index (χ2n) is 6.06. The lowest BCUT2D eigenvalue weighted by Crippen LogP contribution is -2.37. The summed E-state index contributed by atoms with van der Waals surface area (Å²) in [6.07, 6.45) is 0.683. The number of carbonyl (C=O) groups is 1. The van der Waals surface area contributed by atoms with E-state index in [1.165, 1.54) is 6.08 Å². The zero-order valence-corrected chi connectivity index (χ0v) is 15.0. The van der Waals surface area contributed by atoms with Gasteiger partial charge in [0.25, 0.3) is 15.7 Å². The van der Waals surface area contributed by atoms with Gasteiger partial charge in [0.2, 0.25) is 0 Å². The molecule has 1 heterocycles. The number of benzene rings is 2. The Labute approximate surface area is 155 Å². The normalized spacial score (nSPS) is 19.6. The zero-order valence-electron chi connectivity index (χ0n) is 14.1. The molecule has 1 aliphatic rings. The van der Waals surface area contributed by atoms with E-state index in [1.807, 2.05) is 30.3 Å². The SMILES string of the molecule is C=CC1(Cc2ccccc2)CN(S(=O)(=O)c2ccc([N+](=O)[O-])cc2)C(=O)O1. The molecule has 1 fully saturated rings. The second-order valence-corrected chi connectivity index (χ2v) is 7.92. The van der Waals surface area contributed by atoms with Gasteiger partial charge < -0.3 is 4.74 Å². The highest BCUT2D eigenvalue weighted by molar-refractivity contribution is 7.89. The number of hydrogen-bond donors (Lipinski definition) is 0. The van der Waals surface area contributed by atoms with Gasteiger partial charge in [-0.1, -0.05) is 36.9 Å². The summed E-state index contributed by atoms with van der Waals surface area (Å²) < 4.78 is 31.6. The quantitative estimate of drug-likeness (QED) is 0.428. The van der Waals surface area contributed by atoms with Gasteiger partial charge in [-0.15, -0.1) is 0 Å². The Hall–Kier alpha value is -3.20. The van der Waals surface area contributed by atoms with Crippen LogP contribution in [0.4, 0.5) is 10.5 Å². The molecule has 2 aromatic carbocycles. The van der Waals surface area contributed by atoms with Crippen LogP contribution in [-0.4, -0.2) is 35.9 Å². The predicted octanol–water partition coefficient (Wildman–Crippen LogP) is 2.90. The average molecular weight is 388 g/mol. The third-order valence-corrected chi connectivity index (χ3v) is 5.99. The van der Waals surface area contributed by atoms with Gasteiger partial charge in [-0.3, -0.25) is 10.1 Å². The summed E-state index contributed by atoms with van der Waals surface area (Å²) in [6.45, 7) is 3.46. The number of nitro benzene ring substituents is 1. The summed E-state index contributed by atoms with van der Waals surface area (Å²) in [5.41, 5.74) is -0.575. The van der Waals surface area contributed by atoms with E-state index in [0.717, 1.165) is 29.8 Å². The van der Waals surface area contributed by atoms with E-state index in [-0.39, 0.29) is 23.5 Å². The van der Waals surface area contributed by atoms with Crippen molar-refractivity contribution in [2.45, 2.75) is 16.9 Å². The lowest BCUT2D eigenvalue weighted by atomic mass is 9.95. The highest BCUT2D eigenvalue weighted by Crippen LogP contribution is 2.32.